The van der Waals surface area contributed by atoms with Gasteiger partial charge in [0.15, 0.2) is 0 Å². The molecule has 0 atom stereocenters. The topological polar surface area (TPSA) is 4.93 Å². The van der Waals surface area contributed by atoms with Gasteiger partial charge in [0, 0.05) is 11.6 Å². The predicted octanol–water partition coefficient (Wildman–Crippen LogP) is 4.07. The van der Waals surface area contributed by atoms with Crippen LogP contribution < -0.4 is 0 Å². The van der Waals surface area contributed by atoms with Gasteiger partial charge in [-0.05, 0) is 30.4 Å². The molecule has 1 aromatic carbocycles. The maximum atomic E-state index is 3.56. The molecule has 72 valence electrons. The zero-order chi connectivity index (χ0) is 9.54. The summed E-state index contributed by atoms with van der Waals surface area (Å²) in [6, 6.07) is 8.59. The van der Waals surface area contributed by atoms with Crippen LogP contribution in [0.1, 0.15) is 30.7 Å². The number of hydrogen-bond acceptors (Lipinski definition) is 0. The Morgan fingerprint density at radius 3 is 2.71 bits per heavy atom. The molecule has 0 radical (unpaired) electrons. The quantitative estimate of drug-likeness (QED) is 0.719. The van der Waals surface area contributed by atoms with E-state index < -0.39 is 0 Å². The molecule has 1 aliphatic rings. The largest absolute Gasteiger partial charge is 0.283 e. The van der Waals surface area contributed by atoms with Crippen LogP contribution in [0.2, 0.25) is 0 Å². The lowest BCUT2D eigenvalue weighted by molar-refractivity contribution is 0.422. The molecule has 0 bridgehead atoms. The summed E-state index contributed by atoms with van der Waals surface area (Å²) in [7, 11) is 0. The average molecular weight is 250 g/mol. The second-order valence-electron chi connectivity index (χ2n) is 4.04. The van der Waals surface area contributed by atoms with Crippen LogP contribution in [-0.4, -0.2) is 3.59 Å². The van der Waals surface area contributed by atoms with Crippen LogP contribution in [0.4, 0.5) is 0 Å². The highest BCUT2D eigenvalue weighted by atomic mass is 79.9. The Labute approximate surface area is 92.1 Å². The minimum Gasteiger partial charge on any atom is -0.283 e. The van der Waals surface area contributed by atoms with E-state index in [4.69, 9.17) is 0 Å². The third-order valence-electron chi connectivity index (χ3n) is 3.24. The highest BCUT2D eigenvalue weighted by Gasteiger charge is 2.22. The number of aromatic nitrogens is 1. The van der Waals surface area contributed by atoms with Crippen LogP contribution in [0.5, 0.6) is 0 Å². The smallest absolute Gasteiger partial charge is 0.0594 e. The molecule has 0 unspecified atom stereocenters. The molecular weight excluding hydrogens is 238 g/mol. The Hall–Kier alpha value is -0.760. The van der Waals surface area contributed by atoms with Gasteiger partial charge in [0.25, 0.3) is 0 Å². The lowest BCUT2D eigenvalue weighted by atomic mass is 9.80. The number of fused-ring (bicyclic) bond motifs is 1. The van der Waals surface area contributed by atoms with Gasteiger partial charge < -0.3 is 0 Å². The van der Waals surface area contributed by atoms with Crippen LogP contribution in [0.3, 0.4) is 0 Å². The normalized spacial score (nSPS) is 17.2. The zero-order valence-electron chi connectivity index (χ0n) is 7.91. The molecule has 0 aliphatic heterocycles. The summed E-state index contributed by atoms with van der Waals surface area (Å²) in [5, 5.41) is 1.41. The summed E-state index contributed by atoms with van der Waals surface area (Å²) in [6.45, 7) is 0. The number of halogens is 1. The van der Waals surface area contributed by atoms with E-state index in [0.29, 0.717) is 0 Å². The molecule has 1 aromatic heterocycles. The second-order valence-corrected chi connectivity index (χ2v) is 4.80. The fraction of sp³-hybridized carbons (Fsp3) is 0.333. The second kappa shape index (κ2) is 3.13. The number of para-hydroxylation sites is 1. The highest BCUT2D eigenvalue weighted by Crippen LogP contribution is 2.40. The van der Waals surface area contributed by atoms with E-state index in [1.807, 2.05) is 0 Å². The predicted molar refractivity (Wildman–Crippen MR) is 62.9 cm³/mol. The molecule has 1 nitrogen and oxygen atoms in total. The number of hydrogen-bond donors (Lipinski definition) is 0. The standard InChI is InChI=1S/C12H12BrN/c13-14-8-11(9-4-3-5-9)10-6-1-2-7-12(10)14/h1-2,6-9H,3-5H2. The third-order valence-corrected chi connectivity index (χ3v) is 3.83. The molecule has 14 heavy (non-hydrogen) atoms. The van der Waals surface area contributed by atoms with Crippen molar-refractivity contribution >= 4 is 27.1 Å². The number of rotatable bonds is 1. The van der Waals surface area contributed by atoms with E-state index in [1.54, 1.807) is 0 Å². The minimum atomic E-state index is 0.804. The number of benzene rings is 1. The first-order chi connectivity index (χ1) is 6.86. The summed E-state index contributed by atoms with van der Waals surface area (Å²) in [5.41, 5.74) is 2.80. The Morgan fingerprint density at radius 1 is 1.21 bits per heavy atom. The van der Waals surface area contributed by atoms with E-state index in [-0.39, 0.29) is 0 Å². The van der Waals surface area contributed by atoms with Gasteiger partial charge in [0.2, 0.25) is 0 Å². The monoisotopic (exact) mass is 249 g/mol. The average Bonchev–Trinajstić information content (AvgIpc) is 2.43. The summed E-state index contributed by atoms with van der Waals surface area (Å²) in [5.74, 6) is 0.804. The summed E-state index contributed by atoms with van der Waals surface area (Å²) < 4.78 is 2.07. The van der Waals surface area contributed by atoms with Crippen LogP contribution in [0.15, 0.2) is 30.5 Å². The molecule has 0 spiro atoms. The van der Waals surface area contributed by atoms with Crippen molar-refractivity contribution in [2.24, 2.45) is 0 Å². The first-order valence-electron chi connectivity index (χ1n) is 5.12. The fourth-order valence-electron chi connectivity index (χ4n) is 2.21. The van der Waals surface area contributed by atoms with Gasteiger partial charge in [-0.15, -0.1) is 0 Å². The Kier molecular flexibility index (Phi) is 1.91. The molecule has 0 saturated heterocycles. The van der Waals surface area contributed by atoms with E-state index in [2.05, 4.69) is 50.2 Å². The molecule has 0 amide bonds. The molecule has 1 saturated carbocycles. The molecule has 1 fully saturated rings. The van der Waals surface area contributed by atoms with Crippen LogP contribution >= 0.6 is 16.1 Å². The van der Waals surface area contributed by atoms with Crippen molar-refractivity contribution in [3.63, 3.8) is 0 Å². The van der Waals surface area contributed by atoms with Crippen molar-refractivity contribution in [1.82, 2.24) is 3.59 Å². The summed E-state index contributed by atoms with van der Waals surface area (Å²) in [6.07, 6.45) is 6.35. The van der Waals surface area contributed by atoms with E-state index in [0.717, 1.165) is 5.92 Å². The molecule has 0 N–H and O–H groups in total. The third kappa shape index (κ3) is 1.13. The minimum absolute atomic E-state index is 0.804. The van der Waals surface area contributed by atoms with Gasteiger partial charge in [-0.3, -0.25) is 3.59 Å². The zero-order valence-corrected chi connectivity index (χ0v) is 9.50. The van der Waals surface area contributed by atoms with Crippen molar-refractivity contribution < 1.29 is 0 Å². The highest BCUT2D eigenvalue weighted by molar-refractivity contribution is 9.08. The summed E-state index contributed by atoms with van der Waals surface area (Å²) >= 11 is 3.56. The van der Waals surface area contributed by atoms with Crippen molar-refractivity contribution in [2.45, 2.75) is 25.2 Å². The Balaban J connectivity index is 2.23. The first kappa shape index (κ1) is 8.54. The van der Waals surface area contributed by atoms with E-state index >= 15 is 0 Å². The Bertz CT molecular complexity index is 468. The first-order valence-corrected chi connectivity index (χ1v) is 5.83. The van der Waals surface area contributed by atoms with Gasteiger partial charge >= 0.3 is 0 Å². The van der Waals surface area contributed by atoms with Crippen molar-refractivity contribution in [2.75, 3.05) is 0 Å². The SMILES string of the molecule is Brn1cc(C2CCC2)c2ccccc21. The van der Waals surface area contributed by atoms with Gasteiger partial charge in [-0.2, -0.15) is 0 Å². The molecule has 3 rings (SSSR count). The van der Waals surface area contributed by atoms with Crippen molar-refractivity contribution in [3.05, 3.63) is 36.0 Å². The molecular formula is C12H12BrN. The molecule has 1 aliphatic carbocycles. The molecule has 2 aromatic rings. The maximum absolute atomic E-state index is 3.56. The fourth-order valence-corrected chi connectivity index (χ4v) is 2.74. The van der Waals surface area contributed by atoms with Gasteiger partial charge in [0.1, 0.15) is 0 Å². The van der Waals surface area contributed by atoms with Crippen LogP contribution in [0, 0.1) is 0 Å². The van der Waals surface area contributed by atoms with Gasteiger partial charge in [0.05, 0.1) is 21.7 Å². The number of nitrogens with zero attached hydrogens (tertiary/aromatic N) is 1. The lowest BCUT2D eigenvalue weighted by Gasteiger charge is -2.24. The van der Waals surface area contributed by atoms with Gasteiger partial charge in [-0.25, -0.2) is 0 Å². The van der Waals surface area contributed by atoms with Gasteiger partial charge in [-0.1, -0.05) is 24.6 Å². The van der Waals surface area contributed by atoms with E-state index in [1.165, 1.54) is 35.7 Å². The van der Waals surface area contributed by atoms with Crippen LogP contribution in [0.25, 0.3) is 10.9 Å². The maximum Gasteiger partial charge on any atom is 0.0594 e. The lowest BCUT2D eigenvalue weighted by Crippen LogP contribution is -2.07. The Morgan fingerprint density at radius 2 is 2.00 bits per heavy atom. The van der Waals surface area contributed by atoms with Crippen molar-refractivity contribution in [3.8, 4) is 0 Å². The van der Waals surface area contributed by atoms with Crippen LogP contribution in [-0.2, 0) is 0 Å². The van der Waals surface area contributed by atoms with Crippen molar-refractivity contribution in [1.29, 1.82) is 0 Å². The molecule has 1 heterocycles. The van der Waals surface area contributed by atoms with E-state index in [9.17, 15) is 0 Å². The summed E-state index contributed by atoms with van der Waals surface area (Å²) in [4.78, 5) is 0. The molecule has 2 heteroatoms.